The molecule has 0 aliphatic carbocycles. The number of amides is 2. The minimum atomic E-state index is -0.690. The van der Waals surface area contributed by atoms with Crippen LogP contribution in [0.25, 0.3) is 0 Å². The second-order valence-corrected chi connectivity index (χ2v) is 4.33. The van der Waals surface area contributed by atoms with Crippen LogP contribution in [0.4, 0.5) is 4.39 Å². The van der Waals surface area contributed by atoms with E-state index in [2.05, 4.69) is 22.5 Å². The molecule has 1 aliphatic rings. The summed E-state index contributed by atoms with van der Waals surface area (Å²) in [4.78, 5) is 22.9. The Morgan fingerprint density at radius 1 is 1.55 bits per heavy atom. The Kier molecular flexibility index (Phi) is 4.33. The van der Waals surface area contributed by atoms with Crippen molar-refractivity contribution in [3.8, 4) is 11.8 Å². The van der Waals surface area contributed by atoms with Crippen LogP contribution in [-0.4, -0.2) is 36.1 Å². The number of carbonyl (C=O) groups excluding carboxylic acids is 2. The predicted molar refractivity (Wildman–Crippen MR) is 69.2 cm³/mol. The molecule has 1 aromatic carbocycles. The van der Waals surface area contributed by atoms with Gasteiger partial charge in [-0.1, -0.05) is 11.8 Å². The highest BCUT2D eigenvalue weighted by atomic mass is 19.1. The van der Waals surface area contributed by atoms with Gasteiger partial charge < -0.3 is 15.7 Å². The van der Waals surface area contributed by atoms with Crippen molar-refractivity contribution in [2.75, 3.05) is 13.2 Å². The van der Waals surface area contributed by atoms with Crippen LogP contribution >= 0.6 is 0 Å². The first-order chi connectivity index (χ1) is 9.60. The predicted octanol–water partition coefficient (Wildman–Crippen LogP) is -0.212. The van der Waals surface area contributed by atoms with Crippen molar-refractivity contribution in [3.05, 3.63) is 35.1 Å². The number of benzene rings is 1. The van der Waals surface area contributed by atoms with Crippen LogP contribution in [0.2, 0.25) is 0 Å². The number of hydrogen-bond acceptors (Lipinski definition) is 3. The van der Waals surface area contributed by atoms with Crippen LogP contribution < -0.4 is 10.6 Å². The van der Waals surface area contributed by atoms with Crippen molar-refractivity contribution in [1.82, 2.24) is 10.6 Å². The largest absolute Gasteiger partial charge is 0.384 e. The summed E-state index contributed by atoms with van der Waals surface area (Å²) >= 11 is 0. The van der Waals surface area contributed by atoms with Gasteiger partial charge in [-0.15, -0.1) is 0 Å². The van der Waals surface area contributed by atoms with Gasteiger partial charge in [-0.05, 0) is 18.2 Å². The van der Waals surface area contributed by atoms with Gasteiger partial charge in [0.25, 0.3) is 5.91 Å². The fourth-order valence-electron chi connectivity index (χ4n) is 1.89. The topological polar surface area (TPSA) is 78.4 Å². The summed E-state index contributed by atoms with van der Waals surface area (Å²) in [5.41, 5.74) is 0.282. The minimum absolute atomic E-state index is 0.0982. The Morgan fingerprint density at radius 2 is 2.35 bits per heavy atom. The summed E-state index contributed by atoms with van der Waals surface area (Å²) < 4.78 is 13.8. The van der Waals surface area contributed by atoms with Gasteiger partial charge >= 0.3 is 0 Å². The van der Waals surface area contributed by atoms with Crippen molar-refractivity contribution < 1.29 is 19.1 Å². The third kappa shape index (κ3) is 3.33. The molecule has 2 rings (SSSR count). The molecule has 2 amide bonds. The summed E-state index contributed by atoms with van der Waals surface area (Å²) in [5, 5.41) is 13.7. The van der Waals surface area contributed by atoms with Crippen LogP contribution in [0.5, 0.6) is 0 Å². The molecule has 6 heteroatoms. The summed E-state index contributed by atoms with van der Waals surface area (Å²) in [6.07, 6.45) is 0.202. The van der Waals surface area contributed by atoms with Gasteiger partial charge in [0.2, 0.25) is 5.91 Å². The molecule has 0 bridgehead atoms. The molecule has 5 nitrogen and oxygen atoms in total. The molecule has 1 aliphatic heterocycles. The Hall–Kier alpha value is -2.39. The van der Waals surface area contributed by atoms with E-state index in [1.165, 1.54) is 12.1 Å². The van der Waals surface area contributed by atoms with Crippen LogP contribution in [0.1, 0.15) is 22.3 Å². The molecule has 3 N–H and O–H groups in total. The van der Waals surface area contributed by atoms with E-state index in [4.69, 9.17) is 5.11 Å². The molecule has 0 aromatic heterocycles. The van der Waals surface area contributed by atoms with Gasteiger partial charge in [-0.25, -0.2) is 4.39 Å². The summed E-state index contributed by atoms with van der Waals surface area (Å²) in [6, 6.07) is 3.65. The smallest absolute Gasteiger partial charge is 0.254 e. The van der Waals surface area contributed by atoms with Gasteiger partial charge in [0.05, 0.1) is 11.6 Å². The highest BCUT2D eigenvalue weighted by Gasteiger charge is 2.24. The van der Waals surface area contributed by atoms with Crippen molar-refractivity contribution in [2.24, 2.45) is 0 Å². The number of aliphatic hydroxyl groups is 1. The molecule has 0 spiro atoms. The maximum Gasteiger partial charge on any atom is 0.254 e. The molecule has 1 aromatic rings. The van der Waals surface area contributed by atoms with E-state index in [0.717, 1.165) is 6.07 Å². The number of nitrogens with one attached hydrogen (secondary N) is 2. The SMILES string of the molecule is O=C1CC(NC(=O)c2ccc(C#CCO)cc2F)CN1. The van der Waals surface area contributed by atoms with Crippen LogP contribution in [0, 0.1) is 17.7 Å². The summed E-state index contributed by atoms with van der Waals surface area (Å²) in [7, 11) is 0. The lowest BCUT2D eigenvalue weighted by Gasteiger charge is -2.10. The van der Waals surface area contributed by atoms with E-state index in [1.807, 2.05) is 0 Å². The number of rotatable bonds is 2. The first kappa shape index (κ1) is 14.0. The van der Waals surface area contributed by atoms with Crippen molar-refractivity contribution in [1.29, 1.82) is 0 Å². The molecule has 1 heterocycles. The molecule has 20 heavy (non-hydrogen) atoms. The zero-order chi connectivity index (χ0) is 14.5. The Bertz CT molecular complexity index is 604. The van der Waals surface area contributed by atoms with Crippen LogP contribution in [-0.2, 0) is 4.79 Å². The van der Waals surface area contributed by atoms with Gasteiger partial charge in [-0.3, -0.25) is 9.59 Å². The van der Waals surface area contributed by atoms with Gasteiger partial charge in [-0.2, -0.15) is 0 Å². The lowest BCUT2D eigenvalue weighted by atomic mass is 10.1. The summed E-state index contributed by atoms with van der Waals surface area (Å²) in [6.45, 7) is 0.0405. The van der Waals surface area contributed by atoms with E-state index in [-0.39, 0.29) is 30.5 Å². The maximum atomic E-state index is 13.8. The molecule has 0 saturated carbocycles. The third-order valence-electron chi connectivity index (χ3n) is 2.84. The lowest BCUT2D eigenvalue weighted by molar-refractivity contribution is -0.119. The van der Waals surface area contributed by atoms with Crippen molar-refractivity contribution in [3.63, 3.8) is 0 Å². The number of carbonyl (C=O) groups is 2. The first-order valence-corrected chi connectivity index (χ1v) is 6.07. The quantitative estimate of drug-likeness (QED) is 0.654. The average molecular weight is 276 g/mol. The number of hydrogen-bond donors (Lipinski definition) is 3. The molecular formula is C14H13FN2O3. The molecule has 0 radical (unpaired) electrons. The zero-order valence-corrected chi connectivity index (χ0v) is 10.6. The molecule has 1 unspecified atom stereocenters. The minimum Gasteiger partial charge on any atom is -0.384 e. The van der Waals surface area contributed by atoms with E-state index in [1.54, 1.807) is 0 Å². The monoisotopic (exact) mass is 276 g/mol. The molecule has 1 atom stereocenters. The van der Waals surface area contributed by atoms with Gasteiger partial charge in [0.15, 0.2) is 0 Å². The second kappa shape index (κ2) is 6.17. The maximum absolute atomic E-state index is 13.8. The molecule has 104 valence electrons. The van der Waals surface area contributed by atoms with Crippen molar-refractivity contribution >= 4 is 11.8 Å². The number of halogens is 1. The molecule has 1 fully saturated rings. The van der Waals surface area contributed by atoms with Crippen LogP contribution in [0.3, 0.4) is 0 Å². The summed E-state index contributed by atoms with van der Waals surface area (Å²) in [5.74, 6) is 3.56. The third-order valence-corrected chi connectivity index (χ3v) is 2.84. The lowest BCUT2D eigenvalue weighted by Crippen LogP contribution is -2.36. The van der Waals surface area contributed by atoms with Crippen molar-refractivity contribution in [2.45, 2.75) is 12.5 Å². The number of aliphatic hydroxyl groups excluding tert-OH is 1. The van der Waals surface area contributed by atoms with E-state index < -0.39 is 11.7 Å². The first-order valence-electron chi connectivity index (χ1n) is 6.07. The van der Waals surface area contributed by atoms with E-state index in [9.17, 15) is 14.0 Å². The average Bonchev–Trinajstić information content (AvgIpc) is 2.81. The fourth-order valence-corrected chi connectivity index (χ4v) is 1.89. The fraction of sp³-hybridized carbons (Fsp3) is 0.286. The Labute approximate surface area is 115 Å². The Balaban J connectivity index is 2.08. The highest BCUT2D eigenvalue weighted by molar-refractivity contribution is 5.95. The normalized spacial score (nSPS) is 17.1. The second-order valence-electron chi connectivity index (χ2n) is 4.33. The van der Waals surface area contributed by atoms with Gasteiger partial charge in [0.1, 0.15) is 12.4 Å². The Morgan fingerprint density at radius 3 is 2.95 bits per heavy atom. The molecular weight excluding hydrogens is 263 g/mol. The van der Waals surface area contributed by atoms with E-state index >= 15 is 0 Å². The highest BCUT2D eigenvalue weighted by Crippen LogP contribution is 2.11. The van der Waals surface area contributed by atoms with E-state index in [0.29, 0.717) is 12.1 Å². The molecule has 1 saturated heterocycles. The van der Waals surface area contributed by atoms with Crippen LogP contribution in [0.15, 0.2) is 18.2 Å². The zero-order valence-electron chi connectivity index (χ0n) is 10.6. The van der Waals surface area contributed by atoms with Gasteiger partial charge in [0, 0.05) is 18.5 Å². The standard InChI is InChI=1S/C14H13FN2O3/c15-12-6-9(2-1-5-18)3-4-11(12)14(20)17-10-7-13(19)16-8-10/h3-4,6,10,18H,5,7-8H2,(H,16,19)(H,17,20).